The first-order valence-corrected chi connectivity index (χ1v) is 18.5. The second kappa shape index (κ2) is 18.1. The van der Waals surface area contributed by atoms with Crippen molar-refractivity contribution >= 4 is 33.3 Å². The van der Waals surface area contributed by atoms with Gasteiger partial charge in [-0.1, -0.05) is 6.92 Å². The molecule has 3 N–H and O–H groups in total. The normalized spacial score (nSPS) is 19.5. The molecule has 3 aromatic rings. The highest BCUT2D eigenvalue weighted by Crippen LogP contribution is 2.30. The van der Waals surface area contributed by atoms with Crippen LogP contribution in [0, 0.1) is 5.92 Å². The lowest BCUT2D eigenvalue weighted by atomic mass is 10.0. The van der Waals surface area contributed by atoms with E-state index in [-0.39, 0.29) is 53.9 Å². The average Bonchev–Trinajstić information content (AvgIpc) is 3.12. The molecule has 1 heterocycles. The lowest BCUT2D eigenvalue weighted by Crippen LogP contribution is -2.48. The number of carbonyl (C=O) groups excluding carboxylic acids is 2. The van der Waals surface area contributed by atoms with Gasteiger partial charge in [-0.2, -0.15) is 0 Å². The van der Waals surface area contributed by atoms with Crippen molar-refractivity contribution in [1.82, 2.24) is 9.80 Å². The maximum absolute atomic E-state index is 14.4. The van der Waals surface area contributed by atoms with Crippen molar-refractivity contribution in [2.75, 3.05) is 57.6 Å². The van der Waals surface area contributed by atoms with Crippen LogP contribution in [-0.2, 0) is 14.8 Å². The van der Waals surface area contributed by atoms with E-state index in [0.717, 1.165) is 12.8 Å². The number of likely N-dealkylation sites (N-methyl/N-ethyl adjacent to an activating group) is 1. The summed E-state index contributed by atoms with van der Waals surface area (Å²) in [6.45, 7) is 6.14. The van der Waals surface area contributed by atoms with E-state index >= 15 is 0 Å². The van der Waals surface area contributed by atoms with Crippen LogP contribution in [0.5, 0.6) is 17.2 Å². The van der Waals surface area contributed by atoms with Gasteiger partial charge in [-0.3, -0.25) is 9.52 Å². The fourth-order valence-electron chi connectivity index (χ4n) is 5.66. The molecular formula is C37H50N4O9S. The van der Waals surface area contributed by atoms with Crippen molar-refractivity contribution in [3.8, 4) is 17.2 Å². The smallest absolute Gasteiger partial charge is 0.321 e. The third-order valence-corrected chi connectivity index (χ3v) is 10.2. The highest BCUT2D eigenvalue weighted by molar-refractivity contribution is 7.92. The van der Waals surface area contributed by atoms with Crippen molar-refractivity contribution in [3.05, 3.63) is 72.3 Å². The topological polar surface area (TPSA) is 156 Å². The number of benzene rings is 3. The van der Waals surface area contributed by atoms with Crippen LogP contribution in [-0.4, -0.2) is 101 Å². The first-order valence-electron chi connectivity index (χ1n) is 17.0. The van der Waals surface area contributed by atoms with Gasteiger partial charge in [0.25, 0.3) is 15.9 Å². The van der Waals surface area contributed by atoms with Gasteiger partial charge in [0.05, 0.1) is 49.5 Å². The number of ether oxygens (including phenoxy) is 4. The van der Waals surface area contributed by atoms with Crippen LogP contribution in [0.3, 0.4) is 0 Å². The Morgan fingerprint density at radius 2 is 1.63 bits per heavy atom. The van der Waals surface area contributed by atoms with E-state index in [1.807, 2.05) is 13.8 Å². The Kier molecular flexibility index (Phi) is 13.9. The monoisotopic (exact) mass is 726 g/mol. The summed E-state index contributed by atoms with van der Waals surface area (Å²) >= 11 is 0. The number of nitrogens with one attached hydrogen (secondary N) is 2. The summed E-state index contributed by atoms with van der Waals surface area (Å²) in [6, 6.07) is 16.7. The van der Waals surface area contributed by atoms with Crippen LogP contribution in [0.15, 0.2) is 71.6 Å². The minimum Gasteiger partial charge on any atom is -0.497 e. The molecule has 1 aliphatic rings. The molecule has 1 aliphatic heterocycles. The standard InChI is InChI=1S/C37H50N4O9S/c1-25-22-41(26(2)24-42)36(43)33-21-29(39-51(45,46)32-17-15-31(48-6)16-18-32)12-19-34(33)50-27(3)9-7-8-20-49-35(25)23-40(4)37(44)38-28-10-13-30(47-5)14-11-28/h10-19,21,25-27,35,39,42H,7-9,20,22-24H2,1-6H3,(H,38,44)/t25-,26-,27+,35-/m0/s1. The van der Waals surface area contributed by atoms with E-state index in [1.54, 1.807) is 79.4 Å². The van der Waals surface area contributed by atoms with E-state index < -0.39 is 28.1 Å². The lowest BCUT2D eigenvalue weighted by Gasteiger charge is -2.35. The minimum atomic E-state index is -4.01. The maximum Gasteiger partial charge on any atom is 0.321 e. The van der Waals surface area contributed by atoms with Gasteiger partial charge in [0.2, 0.25) is 0 Å². The Morgan fingerprint density at radius 3 is 2.25 bits per heavy atom. The number of methoxy groups -OCH3 is 2. The van der Waals surface area contributed by atoms with Crippen LogP contribution in [0.2, 0.25) is 0 Å². The molecule has 0 saturated heterocycles. The zero-order chi connectivity index (χ0) is 37.1. The highest BCUT2D eigenvalue weighted by atomic mass is 32.2. The number of aliphatic hydroxyl groups is 1. The Balaban J connectivity index is 1.61. The summed E-state index contributed by atoms with van der Waals surface area (Å²) in [5.41, 5.74) is 0.933. The number of hydrogen-bond acceptors (Lipinski definition) is 9. The summed E-state index contributed by atoms with van der Waals surface area (Å²) in [7, 11) is 0.746. The number of anilines is 2. The number of aliphatic hydroxyl groups excluding tert-OH is 1. The quantitative estimate of drug-likeness (QED) is 0.247. The van der Waals surface area contributed by atoms with Gasteiger partial charge in [0, 0.05) is 44.0 Å². The number of amides is 3. The number of sulfonamides is 1. The Labute approximate surface area is 300 Å². The first kappa shape index (κ1) is 39.3. The van der Waals surface area contributed by atoms with Gasteiger partial charge in [0.15, 0.2) is 0 Å². The molecule has 3 aromatic carbocycles. The molecular weight excluding hydrogens is 676 g/mol. The molecule has 0 saturated carbocycles. The highest BCUT2D eigenvalue weighted by Gasteiger charge is 2.31. The molecule has 4 rings (SSSR count). The second-order valence-electron chi connectivity index (χ2n) is 12.8. The zero-order valence-electron chi connectivity index (χ0n) is 30.1. The van der Waals surface area contributed by atoms with E-state index in [2.05, 4.69) is 10.0 Å². The number of urea groups is 1. The fourth-order valence-corrected chi connectivity index (χ4v) is 6.71. The summed E-state index contributed by atoms with van der Waals surface area (Å²) in [5.74, 6) is 0.775. The lowest BCUT2D eigenvalue weighted by molar-refractivity contribution is -0.0115. The molecule has 0 aliphatic carbocycles. The van der Waals surface area contributed by atoms with E-state index in [9.17, 15) is 23.1 Å². The first-order chi connectivity index (χ1) is 24.3. The Morgan fingerprint density at radius 1 is 1.00 bits per heavy atom. The SMILES string of the molecule is COc1ccc(NC(=O)N(C)C[C@@H]2OCCCC[C@@H](C)Oc3ccc(NS(=O)(=O)c4ccc(OC)cc4)cc3C(=O)N([C@@H](C)CO)C[C@@H]2C)cc1. The van der Waals surface area contributed by atoms with Gasteiger partial charge in [-0.15, -0.1) is 0 Å². The van der Waals surface area contributed by atoms with Crippen LogP contribution >= 0.6 is 0 Å². The average molecular weight is 727 g/mol. The molecule has 14 heteroatoms. The van der Waals surface area contributed by atoms with Crippen LogP contribution in [0.4, 0.5) is 16.2 Å². The zero-order valence-corrected chi connectivity index (χ0v) is 30.9. The van der Waals surface area contributed by atoms with Crippen molar-refractivity contribution in [2.24, 2.45) is 5.92 Å². The molecule has 0 fully saturated rings. The third-order valence-electron chi connectivity index (χ3n) is 8.82. The number of hydrogen-bond donors (Lipinski definition) is 3. The Bertz CT molecular complexity index is 1700. The third kappa shape index (κ3) is 10.7. The van der Waals surface area contributed by atoms with Crippen molar-refractivity contribution in [2.45, 2.75) is 63.2 Å². The molecule has 0 radical (unpaired) electrons. The minimum absolute atomic E-state index is 0.0256. The second-order valence-corrected chi connectivity index (χ2v) is 14.5. The molecule has 51 heavy (non-hydrogen) atoms. The van der Waals surface area contributed by atoms with Gasteiger partial charge < -0.3 is 39.2 Å². The molecule has 278 valence electrons. The van der Waals surface area contributed by atoms with Crippen molar-refractivity contribution < 1.29 is 42.1 Å². The fraction of sp³-hybridized carbons (Fsp3) is 0.459. The molecule has 0 unspecified atom stereocenters. The number of carbonyl (C=O) groups is 2. The maximum atomic E-state index is 14.4. The summed E-state index contributed by atoms with van der Waals surface area (Å²) in [6.07, 6.45) is 1.54. The molecule has 4 atom stereocenters. The Hall–Kier alpha value is -4.53. The predicted octanol–water partition coefficient (Wildman–Crippen LogP) is 5.46. The van der Waals surface area contributed by atoms with Crippen molar-refractivity contribution in [3.63, 3.8) is 0 Å². The summed E-state index contributed by atoms with van der Waals surface area (Å²) in [5, 5.41) is 13.1. The largest absolute Gasteiger partial charge is 0.497 e. The molecule has 0 aromatic heterocycles. The molecule has 0 spiro atoms. The summed E-state index contributed by atoms with van der Waals surface area (Å²) < 4.78 is 52.1. The van der Waals surface area contributed by atoms with Crippen LogP contribution < -0.4 is 24.2 Å². The van der Waals surface area contributed by atoms with Gasteiger partial charge in [-0.05, 0) is 99.8 Å². The van der Waals surface area contributed by atoms with E-state index in [1.165, 1.54) is 25.3 Å². The van der Waals surface area contributed by atoms with Crippen LogP contribution in [0.25, 0.3) is 0 Å². The van der Waals surface area contributed by atoms with Gasteiger partial charge in [0.1, 0.15) is 17.2 Å². The van der Waals surface area contributed by atoms with Crippen LogP contribution in [0.1, 0.15) is 50.4 Å². The molecule has 3 amide bonds. The number of fused-ring (bicyclic) bond motifs is 1. The molecule has 0 bridgehead atoms. The summed E-state index contributed by atoms with van der Waals surface area (Å²) in [4.78, 5) is 30.7. The number of rotatable bonds is 10. The van der Waals surface area contributed by atoms with E-state index in [4.69, 9.17) is 18.9 Å². The molecule has 13 nitrogen and oxygen atoms in total. The van der Waals surface area contributed by atoms with Gasteiger partial charge in [-0.25, -0.2) is 13.2 Å². The van der Waals surface area contributed by atoms with E-state index in [0.29, 0.717) is 36.0 Å². The predicted molar refractivity (Wildman–Crippen MR) is 195 cm³/mol. The number of nitrogens with zero attached hydrogens (tertiary/aromatic N) is 2. The van der Waals surface area contributed by atoms with Gasteiger partial charge >= 0.3 is 6.03 Å². The van der Waals surface area contributed by atoms with Crippen molar-refractivity contribution in [1.29, 1.82) is 0 Å².